The molecular formula is C27H37N5O3. The first-order valence-electron chi connectivity index (χ1n) is 12.2. The Morgan fingerprint density at radius 3 is 2.57 bits per heavy atom. The number of hydrogen-bond acceptors (Lipinski definition) is 5. The molecule has 0 aliphatic carbocycles. The Morgan fingerprint density at radius 1 is 1.20 bits per heavy atom. The lowest BCUT2D eigenvalue weighted by Crippen LogP contribution is -2.47. The lowest BCUT2D eigenvalue weighted by molar-refractivity contribution is -0.147. The summed E-state index contributed by atoms with van der Waals surface area (Å²) in [4.78, 5) is 27.6. The van der Waals surface area contributed by atoms with Crippen LogP contribution < -0.4 is 16.8 Å². The number of methoxy groups -OCH3 is 1. The molecule has 1 saturated heterocycles. The third kappa shape index (κ3) is 6.82. The molecule has 6 N–H and O–H groups in total. The lowest BCUT2D eigenvalue weighted by Gasteiger charge is -2.35. The van der Waals surface area contributed by atoms with Gasteiger partial charge in [0.2, 0.25) is 0 Å². The molecule has 3 rings (SSSR count). The maximum Gasteiger partial charge on any atom is 0.310 e. The topological polar surface area (TPSA) is 135 Å². The van der Waals surface area contributed by atoms with Gasteiger partial charge in [-0.05, 0) is 66.5 Å². The number of esters is 1. The SMILES string of the molecule is CC[C@@H](NC(=O)c1ccc(-c2cccc(CN)c2)cc1)[C@@H](CC1CCCN(C(=N)N)C1)C(=O)OC. The van der Waals surface area contributed by atoms with Crippen molar-refractivity contribution in [3.8, 4) is 11.1 Å². The molecule has 188 valence electrons. The predicted molar refractivity (Wildman–Crippen MR) is 138 cm³/mol. The Bertz CT molecular complexity index is 1020. The molecule has 35 heavy (non-hydrogen) atoms. The van der Waals surface area contributed by atoms with Crippen LogP contribution in [0.2, 0.25) is 0 Å². The summed E-state index contributed by atoms with van der Waals surface area (Å²) in [7, 11) is 1.38. The molecule has 0 bridgehead atoms. The van der Waals surface area contributed by atoms with Crippen molar-refractivity contribution < 1.29 is 14.3 Å². The fourth-order valence-corrected chi connectivity index (χ4v) is 4.84. The standard InChI is InChI=1S/C27H37N5O3/c1-3-24(23(26(34)35-2)15-19-7-5-13-32(17-19)27(29)30)31-25(33)21-11-9-20(10-12-21)22-8-4-6-18(14-22)16-28/h4,6,8-12,14,19,23-24H,3,5,7,13,15-17,28H2,1-2H3,(H3,29,30)(H,31,33)/t19?,23-,24-/m1/s1. The number of ether oxygens (including phenoxy) is 1. The molecule has 0 spiro atoms. The molecule has 1 unspecified atom stereocenters. The highest BCUT2D eigenvalue weighted by Crippen LogP contribution is 2.27. The molecule has 0 aromatic heterocycles. The van der Waals surface area contributed by atoms with Crippen LogP contribution in [0.5, 0.6) is 0 Å². The average molecular weight is 480 g/mol. The summed E-state index contributed by atoms with van der Waals surface area (Å²) in [5.74, 6) is -0.757. The first-order chi connectivity index (χ1) is 16.9. The summed E-state index contributed by atoms with van der Waals surface area (Å²) >= 11 is 0. The number of likely N-dealkylation sites (tertiary alicyclic amines) is 1. The van der Waals surface area contributed by atoms with Gasteiger partial charge in [-0.25, -0.2) is 0 Å². The van der Waals surface area contributed by atoms with Crippen LogP contribution in [-0.4, -0.2) is 49.0 Å². The van der Waals surface area contributed by atoms with E-state index in [9.17, 15) is 9.59 Å². The summed E-state index contributed by atoms with van der Waals surface area (Å²) in [5, 5.41) is 10.8. The lowest BCUT2D eigenvalue weighted by atomic mass is 9.83. The molecule has 0 radical (unpaired) electrons. The molecule has 0 saturated carbocycles. The van der Waals surface area contributed by atoms with E-state index in [1.807, 2.05) is 48.2 Å². The van der Waals surface area contributed by atoms with Gasteiger partial charge in [-0.2, -0.15) is 0 Å². The fraction of sp³-hybridized carbons (Fsp3) is 0.444. The maximum atomic E-state index is 13.1. The van der Waals surface area contributed by atoms with E-state index >= 15 is 0 Å². The normalized spacial score (nSPS) is 17.3. The second-order valence-electron chi connectivity index (χ2n) is 9.17. The molecule has 1 fully saturated rings. The number of benzene rings is 2. The molecule has 2 aromatic carbocycles. The largest absolute Gasteiger partial charge is 0.469 e. The zero-order valence-electron chi connectivity index (χ0n) is 20.6. The van der Waals surface area contributed by atoms with Crippen LogP contribution in [0.3, 0.4) is 0 Å². The number of piperidine rings is 1. The molecule has 8 nitrogen and oxygen atoms in total. The van der Waals surface area contributed by atoms with Gasteiger partial charge in [0.25, 0.3) is 5.91 Å². The van der Waals surface area contributed by atoms with Crippen LogP contribution in [0.4, 0.5) is 0 Å². The minimum absolute atomic E-state index is 0.0582. The molecular weight excluding hydrogens is 442 g/mol. The third-order valence-corrected chi connectivity index (χ3v) is 6.84. The Labute approximate surface area is 207 Å². The van der Waals surface area contributed by atoms with Crippen LogP contribution in [0, 0.1) is 17.2 Å². The Kier molecular flexibility index (Phi) is 9.25. The van der Waals surface area contributed by atoms with Crippen molar-refractivity contribution in [2.24, 2.45) is 23.3 Å². The predicted octanol–water partition coefficient (Wildman–Crippen LogP) is 3.11. The molecule has 1 heterocycles. The van der Waals surface area contributed by atoms with Crippen molar-refractivity contribution in [1.29, 1.82) is 5.41 Å². The number of rotatable bonds is 9. The summed E-state index contributed by atoms with van der Waals surface area (Å²) < 4.78 is 5.10. The third-order valence-electron chi connectivity index (χ3n) is 6.84. The van der Waals surface area contributed by atoms with Crippen LogP contribution in [-0.2, 0) is 16.1 Å². The smallest absolute Gasteiger partial charge is 0.310 e. The van der Waals surface area contributed by atoms with Gasteiger partial charge in [0.05, 0.1) is 13.0 Å². The number of nitrogens with zero attached hydrogens (tertiary/aromatic N) is 1. The highest BCUT2D eigenvalue weighted by molar-refractivity contribution is 5.95. The van der Waals surface area contributed by atoms with E-state index in [0.29, 0.717) is 31.5 Å². The van der Waals surface area contributed by atoms with Gasteiger partial charge in [-0.3, -0.25) is 15.0 Å². The van der Waals surface area contributed by atoms with Crippen molar-refractivity contribution in [3.63, 3.8) is 0 Å². The van der Waals surface area contributed by atoms with E-state index in [-0.39, 0.29) is 29.8 Å². The number of carbonyl (C=O) groups is 2. The van der Waals surface area contributed by atoms with Crippen molar-refractivity contribution >= 4 is 17.8 Å². The number of guanidine groups is 1. The Morgan fingerprint density at radius 2 is 1.94 bits per heavy atom. The number of amides is 1. The quantitative estimate of drug-likeness (QED) is 0.248. The first-order valence-corrected chi connectivity index (χ1v) is 12.2. The number of nitrogens with one attached hydrogen (secondary N) is 2. The molecule has 1 aliphatic rings. The summed E-state index contributed by atoms with van der Waals surface area (Å²) in [6.45, 7) is 3.83. The van der Waals surface area contributed by atoms with Crippen molar-refractivity contribution in [2.45, 2.75) is 45.2 Å². The number of nitrogens with two attached hydrogens (primary N) is 2. The van der Waals surface area contributed by atoms with Crippen molar-refractivity contribution in [3.05, 3.63) is 59.7 Å². The summed E-state index contributed by atoms with van der Waals surface area (Å²) in [6.07, 6.45) is 3.04. The van der Waals surface area contributed by atoms with Crippen molar-refractivity contribution in [1.82, 2.24) is 10.2 Å². The highest BCUT2D eigenvalue weighted by atomic mass is 16.5. The monoisotopic (exact) mass is 479 g/mol. The molecule has 3 atom stereocenters. The zero-order valence-corrected chi connectivity index (χ0v) is 20.6. The van der Waals surface area contributed by atoms with Crippen molar-refractivity contribution in [2.75, 3.05) is 20.2 Å². The van der Waals surface area contributed by atoms with Crippen LogP contribution in [0.25, 0.3) is 11.1 Å². The Balaban J connectivity index is 1.70. The molecule has 1 aliphatic heterocycles. The summed E-state index contributed by atoms with van der Waals surface area (Å²) in [6, 6.07) is 15.1. The van der Waals surface area contributed by atoms with Crippen LogP contribution in [0.15, 0.2) is 48.5 Å². The number of carbonyl (C=O) groups excluding carboxylic acids is 2. The van der Waals surface area contributed by atoms with E-state index in [0.717, 1.165) is 36.1 Å². The summed E-state index contributed by atoms with van der Waals surface area (Å²) in [5.41, 5.74) is 15.1. The zero-order chi connectivity index (χ0) is 25.4. The highest BCUT2D eigenvalue weighted by Gasteiger charge is 2.33. The molecule has 1 amide bonds. The van der Waals surface area contributed by atoms with Crippen LogP contribution in [0.1, 0.15) is 48.5 Å². The van der Waals surface area contributed by atoms with Gasteiger partial charge >= 0.3 is 5.97 Å². The minimum atomic E-state index is -0.468. The van der Waals surface area contributed by atoms with Gasteiger partial charge in [0.1, 0.15) is 0 Å². The first kappa shape index (κ1) is 26.2. The maximum absolute atomic E-state index is 13.1. The second-order valence-corrected chi connectivity index (χ2v) is 9.17. The van der Waals surface area contributed by atoms with Gasteiger partial charge < -0.3 is 26.4 Å². The van der Waals surface area contributed by atoms with Gasteiger partial charge in [0.15, 0.2) is 5.96 Å². The van der Waals surface area contributed by atoms with Gasteiger partial charge in [-0.15, -0.1) is 0 Å². The minimum Gasteiger partial charge on any atom is -0.469 e. The van der Waals surface area contributed by atoms with E-state index in [2.05, 4.69) is 5.32 Å². The fourth-order valence-electron chi connectivity index (χ4n) is 4.84. The average Bonchev–Trinajstić information content (AvgIpc) is 2.90. The Hall–Kier alpha value is -3.39. The van der Waals surface area contributed by atoms with E-state index in [1.54, 1.807) is 12.1 Å². The van der Waals surface area contributed by atoms with Crippen LogP contribution >= 0.6 is 0 Å². The van der Waals surface area contributed by atoms with E-state index in [4.69, 9.17) is 21.6 Å². The molecule has 8 heteroatoms. The van der Waals surface area contributed by atoms with Gasteiger partial charge in [-0.1, -0.05) is 37.3 Å². The van der Waals surface area contributed by atoms with E-state index < -0.39 is 5.92 Å². The van der Waals surface area contributed by atoms with Gasteiger partial charge in [0, 0.05) is 31.2 Å². The van der Waals surface area contributed by atoms with E-state index in [1.165, 1.54) is 7.11 Å². The molecule has 2 aromatic rings. The second kappa shape index (κ2) is 12.4. The number of hydrogen-bond donors (Lipinski definition) is 4.